The van der Waals surface area contributed by atoms with E-state index in [0.717, 1.165) is 45.1 Å². The zero-order chi connectivity index (χ0) is 20.1. The van der Waals surface area contributed by atoms with E-state index < -0.39 is 17.2 Å². The minimum absolute atomic E-state index is 0.453. The van der Waals surface area contributed by atoms with Gasteiger partial charge in [-0.15, -0.1) is 0 Å². The monoisotopic (exact) mass is 490 g/mol. The summed E-state index contributed by atoms with van der Waals surface area (Å²) in [6.45, 7) is 5.87. The van der Waals surface area contributed by atoms with Gasteiger partial charge in [0.05, 0.1) is 14.5 Å². The Bertz CT molecular complexity index is 1030. The Labute approximate surface area is 177 Å². The van der Waals surface area contributed by atoms with Crippen LogP contribution in [0, 0.1) is 3.57 Å². The van der Waals surface area contributed by atoms with Crippen LogP contribution < -0.4 is 0 Å². The summed E-state index contributed by atoms with van der Waals surface area (Å²) >= 11 is 2.29. The highest BCUT2D eigenvalue weighted by molar-refractivity contribution is 14.1. The predicted octanol–water partition coefficient (Wildman–Crippen LogP) is 6.26. The predicted molar refractivity (Wildman–Crippen MR) is 117 cm³/mol. The Balaban J connectivity index is 1.74. The number of benzene rings is 1. The van der Waals surface area contributed by atoms with E-state index in [-0.39, 0.29) is 0 Å². The van der Waals surface area contributed by atoms with Gasteiger partial charge in [0.2, 0.25) is 5.71 Å². The summed E-state index contributed by atoms with van der Waals surface area (Å²) in [6.07, 6.45) is 3.59. The lowest BCUT2D eigenvalue weighted by Gasteiger charge is -2.54. The first kappa shape index (κ1) is 19.2. The molecule has 2 heterocycles. The molecule has 4 rings (SSSR count). The number of fused-ring (bicyclic) bond motifs is 1. The smallest absolute Gasteiger partial charge is 0.408 e. The molecule has 0 atom stereocenters. The van der Waals surface area contributed by atoms with Crippen LogP contribution in [-0.2, 0) is 5.54 Å². The van der Waals surface area contributed by atoms with Crippen molar-refractivity contribution >= 4 is 39.8 Å². The van der Waals surface area contributed by atoms with E-state index in [0.29, 0.717) is 5.71 Å². The maximum atomic E-state index is 12.1. The highest BCUT2D eigenvalue weighted by Crippen LogP contribution is 2.49. The molecule has 2 aromatic heterocycles. The fourth-order valence-electron chi connectivity index (χ4n) is 4.29. The van der Waals surface area contributed by atoms with Crippen molar-refractivity contribution in [3.8, 4) is 11.3 Å². The van der Waals surface area contributed by atoms with Gasteiger partial charge in [-0.2, -0.15) is 0 Å². The van der Waals surface area contributed by atoms with E-state index in [1.54, 1.807) is 11.1 Å². The van der Waals surface area contributed by atoms with E-state index in [9.17, 15) is 9.90 Å². The second-order valence-electron chi connectivity index (χ2n) is 8.35. The summed E-state index contributed by atoms with van der Waals surface area (Å²) in [4.78, 5) is 18.0. The van der Waals surface area contributed by atoms with Crippen molar-refractivity contribution in [3.05, 3.63) is 51.7 Å². The number of carbonyl (C=O) groups is 1. The van der Waals surface area contributed by atoms with Crippen LogP contribution in [0.1, 0.15) is 45.6 Å². The molecule has 1 N–H and O–H groups in total. The number of aromatic nitrogens is 1. The van der Waals surface area contributed by atoms with E-state index in [1.807, 2.05) is 57.2 Å². The molecule has 1 amide bonds. The number of pyridine rings is 1. The zero-order valence-electron chi connectivity index (χ0n) is 16.2. The normalized spacial score (nSPS) is 16.0. The highest BCUT2D eigenvalue weighted by Gasteiger charge is 2.50. The number of furan rings is 1. The van der Waals surface area contributed by atoms with Crippen molar-refractivity contribution in [2.45, 2.75) is 51.1 Å². The Morgan fingerprint density at radius 1 is 1.21 bits per heavy atom. The third-order valence-electron chi connectivity index (χ3n) is 5.56. The maximum Gasteiger partial charge on any atom is 0.408 e. The van der Waals surface area contributed by atoms with E-state index in [2.05, 4.69) is 27.6 Å². The van der Waals surface area contributed by atoms with Gasteiger partial charge in [0.25, 0.3) is 0 Å². The molecule has 1 aliphatic rings. The molecule has 0 bridgehead atoms. The molecular weight excluding hydrogens is 467 g/mol. The molecule has 0 spiro atoms. The van der Waals surface area contributed by atoms with Crippen molar-refractivity contribution < 1.29 is 14.3 Å². The van der Waals surface area contributed by atoms with Gasteiger partial charge in [0.1, 0.15) is 0 Å². The second-order valence-corrected chi connectivity index (χ2v) is 9.43. The highest BCUT2D eigenvalue weighted by atomic mass is 127. The lowest BCUT2D eigenvalue weighted by atomic mass is 9.69. The molecule has 146 valence electrons. The maximum absolute atomic E-state index is 12.1. The lowest BCUT2D eigenvalue weighted by molar-refractivity contribution is -0.0328. The summed E-state index contributed by atoms with van der Waals surface area (Å²) in [6, 6.07) is 12.1. The third kappa shape index (κ3) is 2.98. The Morgan fingerprint density at radius 3 is 2.39 bits per heavy atom. The van der Waals surface area contributed by atoms with E-state index in [1.165, 1.54) is 0 Å². The molecule has 0 saturated heterocycles. The number of hydrogen-bond donors (Lipinski definition) is 1. The molecule has 0 unspecified atom stereocenters. The molecule has 0 aliphatic heterocycles. The first-order chi connectivity index (χ1) is 13.2. The molecule has 5 nitrogen and oxygen atoms in total. The van der Waals surface area contributed by atoms with Gasteiger partial charge in [0, 0.05) is 17.3 Å². The van der Waals surface area contributed by atoms with E-state index >= 15 is 0 Å². The quantitative estimate of drug-likeness (QED) is 0.441. The van der Waals surface area contributed by atoms with Gasteiger partial charge in [-0.3, -0.25) is 4.90 Å². The largest absolute Gasteiger partial charge is 0.465 e. The molecule has 3 aromatic rings. The number of amides is 1. The molecule has 0 radical (unpaired) electrons. The summed E-state index contributed by atoms with van der Waals surface area (Å²) < 4.78 is 7.00. The van der Waals surface area contributed by atoms with Crippen molar-refractivity contribution in [2.24, 2.45) is 0 Å². The summed E-state index contributed by atoms with van der Waals surface area (Å²) in [7, 11) is 0. The summed E-state index contributed by atoms with van der Waals surface area (Å²) in [5, 5.41) is 10.9. The fraction of sp³-hybridized carbons (Fsp3) is 0.364. The van der Waals surface area contributed by atoms with Crippen LogP contribution in [0.2, 0.25) is 0 Å². The minimum atomic E-state index is -0.866. The number of rotatable bonds is 3. The van der Waals surface area contributed by atoms with Crippen LogP contribution in [0.25, 0.3) is 22.4 Å². The first-order valence-electron chi connectivity index (χ1n) is 9.41. The molecule has 1 aromatic carbocycles. The van der Waals surface area contributed by atoms with Crippen LogP contribution in [0.15, 0.2) is 47.0 Å². The molecule has 28 heavy (non-hydrogen) atoms. The van der Waals surface area contributed by atoms with Gasteiger partial charge >= 0.3 is 6.09 Å². The summed E-state index contributed by atoms with van der Waals surface area (Å²) in [5.41, 5.74) is 1.73. The average molecular weight is 490 g/mol. The van der Waals surface area contributed by atoms with Crippen LogP contribution >= 0.6 is 22.6 Å². The number of carboxylic acid groups (broad SMARTS) is 1. The molecule has 6 heteroatoms. The summed E-state index contributed by atoms with van der Waals surface area (Å²) in [5.74, 6) is 0.800. The zero-order valence-corrected chi connectivity index (χ0v) is 18.4. The number of halogens is 1. The molecular formula is C22H23IN2O3. The van der Waals surface area contributed by atoms with Crippen LogP contribution in [0.3, 0.4) is 0 Å². The first-order valence-corrected chi connectivity index (χ1v) is 10.5. The third-order valence-corrected chi connectivity index (χ3v) is 6.63. The minimum Gasteiger partial charge on any atom is -0.465 e. The fourth-order valence-corrected chi connectivity index (χ4v) is 5.12. The van der Waals surface area contributed by atoms with Crippen LogP contribution in [0.4, 0.5) is 4.79 Å². The van der Waals surface area contributed by atoms with Crippen LogP contribution in [-0.4, -0.2) is 26.6 Å². The standard InChI is InChI=1S/C22H23IN2O3/c1-21(2,3)25(20(26)27)22(11-5-12-22)15-9-7-14(8-10-15)18-17(23)16-6-4-13-24-19(16)28-18/h4,6-10,13H,5,11-12H2,1-3H3,(H,26,27). The van der Waals surface area contributed by atoms with Gasteiger partial charge in [0.15, 0.2) is 5.76 Å². The van der Waals surface area contributed by atoms with Gasteiger partial charge < -0.3 is 9.52 Å². The SMILES string of the molecule is CC(C)(C)N(C(=O)O)C1(c2ccc(-c3oc4ncccc4c3I)cc2)CCC1. The van der Waals surface area contributed by atoms with Crippen LogP contribution in [0.5, 0.6) is 0 Å². The average Bonchev–Trinajstić information content (AvgIpc) is 2.94. The lowest BCUT2D eigenvalue weighted by Crippen LogP contribution is -2.60. The van der Waals surface area contributed by atoms with Crippen molar-refractivity contribution in [1.29, 1.82) is 0 Å². The molecule has 1 fully saturated rings. The van der Waals surface area contributed by atoms with Crippen molar-refractivity contribution in [2.75, 3.05) is 0 Å². The van der Waals surface area contributed by atoms with Crippen molar-refractivity contribution in [1.82, 2.24) is 9.88 Å². The van der Waals surface area contributed by atoms with Crippen molar-refractivity contribution in [3.63, 3.8) is 0 Å². The Morgan fingerprint density at radius 2 is 1.89 bits per heavy atom. The molecule has 1 aliphatic carbocycles. The number of nitrogens with zero attached hydrogens (tertiary/aromatic N) is 2. The Hall–Kier alpha value is -2.09. The van der Waals surface area contributed by atoms with Gasteiger partial charge in [-0.1, -0.05) is 24.3 Å². The Kier molecular flexibility index (Phi) is 4.64. The van der Waals surface area contributed by atoms with Gasteiger partial charge in [-0.25, -0.2) is 9.78 Å². The number of hydrogen-bond acceptors (Lipinski definition) is 3. The molecule has 1 saturated carbocycles. The second kappa shape index (κ2) is 6.76. The topological polar surface area (TPSA) is 66.6 Å². The van der Waals surface area contributed by atoms with Gasteiger partial charge in [-0.05, 0) is 80.3 Å². The van der Waals surface area contributed by atoms with E-state index in [4.69, 9.17) is 4.42 Å².